The normalized spacial score (nSPS) is 38.0. The van der Waals surface area contributed by atoms with E-state index in [9.17, 15) is 0 Å². The molecular weight excluding hydrogens is 310 g/mol. The van der Waals surface area contributed by atoms with Crippen LogP contribution < -0.4 is 5.32 Å². The Morgan fingerprint density at radius 3 is 2.60 bits per heavy atom. The van der Waals surface area contributed by atoms with Gasteiger partial charge in [0.25, 0.3) is 0 Å². The molecule has 4 aliphatic rings. The van der Waals surface area contributed by atoms with Gasteiger partial charge < -0.3 is 15.0 Å². The number of hydrogen-bond acceptors (Lipinski definition) is 4. The van der Waals surface area contributed by atoms with Crippen LogP contribution in [0.25, 0.3) is 0 Å². The Bertz CT molecular complexity index is 391. The van der Waals surface area contributed by atoms with Crippen LogP contribution in [0.2, 0.25) is 0 Å². The summed E-state index contributed by atoms with van der Waals surface area (Å²) in [4.78, 5) is 5.53. The van der Waals surface area contributed by atoms with Crippen LogP contribution in [0.15, 0.2) is 0 Å². The Hall–Kier alpha value is -0.160. The lowest BCUT2D eigenvalue weighted by Gasteiger charge is -2.57. The highest BCUT2D eigenvalue weighted by Crippen LogP contribution is 2.50. The average Bonchev–Trinajstić information content (AvgIpc) is 2.62. The molecule has 25 heavy (non-hydrogen) atoms. The van der Waals surface area contributed by atoms with Crippen molar-refractivity contribution in [2.75, 3.05) is 52.4 Å². The summed E-state index contributed by atoms with van der Waals surface area (Å²) in [6.07, 6.45) is 9.01. The Labute approximate surface area is 155 Å². The number of hydrogen-bond donors (Lipinski definition) is 1. The van der Waals surface area contributed by atoms with E-state index in [1.165, 1.54) is 71.2 Å². The van der Waals surface area contributed by atoms with Gasteiger partial charge in [-0.25, -0.2) is 0 Å². The molecule has 4 heteroatoms. The molecule has 4 fully saturated rings. The molecule has 0 amide bonds. The molecule has 0 aromatic rings. The molecule has 0 aromatic carbocycles. The van der Waals surface area contributed by atoms with E-state index >= 15 is 0 Å². The number of rotatable bonds is 3. The van der Waals surface area contributed by atoms with Gasteiger partial charge >= 0.3 is 0 Å². The van der Waals surface area contributed by atoms with Crippen LogP contribution in [0.1, 0.15) is 59.3 Å². The molecular formula is C21H41N3O. The molecule has 4 nitrogen and oxygen atoms in total. The fourth-order valence-electron chi connectivity index (χ4n) is 5.60. The summed E-state index contributed by atoms with van der Waals surface area (Å²) in [6, 6.07) is 0.847. The van der Waals surface area contributed by atoms with Crippen LogP contribution in [0.3, 0.4) is 0 Å². The van der Waals surface area contributed by atoms with Crippen LogP contribution in [-0.4, -0.2) is 74.4 Å². The maximum atomic E-state index is 5.71. The van der Waals surface area contributed by atoms with E-state index in [4.69, 9.17) is 4.74 Å². The van der Waals surface area contributed by atoms with Crippen molar-refractivity contribution < 1.29 is 4.74 Å². The first-order chi connectivity index (χ1) is 12.2. The van der Waals surface area contributed by atoms with E-state index in [2.05, 4.69) is 22.0 Å². The highest BCUT2D eigenvalue weighted by Gasteiger charge is 2.48. The van der Waals surface area contributed by atoms with Gasteiger partial charge in [-0.2, -0.15) is 0 Å². The zero-order valence-corrected chi connectivity index (χ0v) is 16.9. The number of morpholine rings is 1. The van der Waals surface area contributed by atoms with Gasteiger partial charge in [-0.3, -0.25) is 4.90 Å². The third-order valence-electron chi connectivity index (χ3n) is 6.84. The third kappa shape index (κ3) is 4.97. The van der Waals surface area contributed by atoms with Crippen LogP contribution in [0, 0.1) is 11.3 Å². The van der Waals surface area contributed by atoms with Gasteiger partial charge in [0, 0.05) is 32.2 Å². The zero-order valence-electron chi connectivity index (χ0n) is 16.9. The van der Waals surface area contributed by atoms with Crippen molar-refractivity contribution >= 4 is 0 Å². The molecule has 0 aromatic heterocycles. The lowest BCUT2D eigenvalue weighted by molar-refractivity contribution is -0.0976. The van der Waals surface area contributed by atoms with E-state index in [-0.39, 0.29) is 0 Å². The first-order valence-corrected chi connectivity index (χ1v) is 11.0. The Balaban J connectivity index is 0.000000880. The van der Waals surface area contributed by atoms with E-state index in [0.29, 0.717) is 11.5 Å². The van der Waals surface area contributed by atoms with Gasteiger partial charge in [0.15, 0.2) is 0 Å². The van der Waals surface area contributed by atoms with Gasteiger partial charge in [0.05, 0.1) is 12.7 Å². The van der Waals surface area contributed by atoms with Crippen molar-refractivity contribution in [3.63, 3.8) is 0 Å². The molecule has 1 atom stereocenters. The number of nitrogens with one attached hydrogen (secondary N) is 1. The lowest BCUT2D eigenvalue weighted by Crippen LogP contribution is -2.60. The Morgan fingerprint density at radius 1 is 1.12 bits per heavy atom. The minimum atomic E-state index is 0.433. The van der Waals surface area contributed by atoms with E-state index in [1.54, 1.807) is 0 Å². The summed E-state index contributed by atoms with van der Waals surface area (Å²) < 4.78 is 5.71. The fourth-order valence-corrected chi connectivity index (χ4v) is 5.60. The first-order valence-electron chi connectivity index (χ1n) is 11.0. The fraction of sp³-hybridized carbons (Fsp3) is 1.00. The van der Waals surface area contributed by atoms with Gasteiger partial charge in [-0.15, -0.1) is 0 Å². The average molecular weight is 352 g/mol. The molecule has 1 saturated carbocycles. The molecule has 146 valence electrons. The minimum absolute atomic E-state index is 0.433. The smallest absolute Gasteiger partial charge is 0.0674 e. The second kappa shape index (κ2) is 9.16. The predicted molar refractivity (Wildman–Crippen MR) is 105 cm³/mol. The number of likely N-dealkylation sites (tertiary alicyclic amines) is 1. The largest absolute Gasteiger partial charge is 0.376 e. The summed E-state index contributed by atoms with van der Waals surface area (Å²) in [5.74, 6) is 0.947. The first kappa shape index (κ1) is 19.6. The summed E-state index contributed by atoms with van der Waals surface area (Å²) in [6.45, 7) is 16.0. The van der Waals surface area contributed by atoms with Gasteiger partial charge in [0.1, 0.15) is 0 Å². The van der Waals surface area contributed by atoms with Crippen molar-refractivity contribution in [2.45, 2.75) is 71.4 Å². The lowest BCUT2D eigenvalue weighted by atomic mass is 9.61. The highest BCUT2D eigenvalue weighted by molar-refractivity contribution is 5.02. The number of piperidine rings is 2. The third-order valence-corrected chi connectivity index (χ3v) is 6.84. The van der Waals surface area contributed by atoms with Gasteiger partial charge in [-0.05, 0) is 76.4 Å². The van der Waals surface area contributed by atoms with Gasteiger partial charge in [0.2, 0.25) is 0 Å². The van der Waals surface area contributed by atoms with E-state index in [0.717, 1.165) is 31.7 Å². The van der Waals surface area contributed by atoms with E-state index in [1.807, 2.05) is 13.8 Å². The molecule has 4 rings (SSSR count). The SMILES string of the molecule is CC.C[C@@H]1CN(C2CC3(CCCN(CC4CCNCC4)C3)C2)CCO1. The molecule has 0 bridgehead atoms. The standard InChI is InChI=1S/C19H35N3O.C2H6/c1-16-13-22(9-10-23-16)18-11-19(12-18)5-2-8-21(15-19)14-17-3-6-20-7-4-17;1-2/h16-18,20H,2-15H2,1H3;1-2H3/t16-,18?,19?;/m1./s1. The van der Waals surface area contributed by atoms with Crippen LogP contribution in [-0.2, 0) is 4.74 Å². The Kier molecular flexibility index (Phi) is 7.18. The van der Waals surface area contributed by atoms with E-state index < -0.39 is 0 Å². The van der Waals surface area contributed by atoms with Crippen LogP contribution in [0.4, 0.5) is 0 Å². The summed E-state index contributed by atoms with van der Waals surface area (Å²) >= 11 is 0. The molecule has 0 unspecified atom stereocenters. The molecule has 1 spiro atoms. The number of nitrogens with zero attached hydrogens (tertiary/aromatic N) is 2. The second-order valence-electron chi connectivity index (χ2n) is 8.77. The van der Waals surface area contributed by atoms with Gasteiger partial charge in [-0.1, -0.05) is 13.8 Å². The molecule has 1 aliphatic carbocycles. The molecule has 3 heterocycles. The van der Waals surface area contributed by atoms with Crippen molar-refractivity contribution in [1.82, 2.24) is 15.1 Å². The topological polar surface area (TPSA) is 27.7 Å². The zero-order chi connectivity index (χ0) is 17.7. The molecule has 3 aliphatic heterocycles. The van der Waals surface area contributed by atoms with Crippen molar-refractivity contribution in [1.29, 1.82) is 0 Å². The van der Waals surface area contributed by atoms with Crippen molar-refractivity contribution in [2.24, 2.45) is 11.3 Å². The Morgan fingerprint density at radius 2 is 1.88 bits per heavy atom. The van der Waals surface area contributed by atoms with Crippen LogP contribution in [0.5, 0.6) is 0 Å². The highest BCUT2D eigenvalue weighted by atomic mass is 16.5. The summed E-state index contributed by atoms with van der Waals surface area (Å²) in [5.41, 5.74) is 0.664. The molecule has 0 radical (unpaired) electrons. The minimum Gasteiger partial charge on any atom is -0.376 e. The number of ether oxygens (including phenoxy) is 1. The van der Waals surface area contributed by atoms with Crippen molar-refractivity contribution in [3.05, 3.63) is 0 Å². The van der Waals surface area contributed by atoms with Crippen molar-refractivity contribution in [3.8, 4) is 0 Å². The summed E-state index contributed by atoms with van der Waals surface area (Å²) in [7, 11) is 0. The quantitative estimate of drug-likeness (QED) is 0.846. The monoisotopic (exact) mass is 351 g/mol. The maximum Gasteiger partial charge on any atom is 0.0674 e. The van der Waals surface area contributed by atoms with Crippen LogP contribution >= 0.6 is 0 Å². The summed E-state index contributed by atoms with van der Waals surface area (Å²) in [5, 5.41) is 3.50. The maximum absolute atomic E-state index is 5.71. The predicted octanol–water partition coefficient (Wildman–Crippen LogP) is 2.98. The second-order valence-corrected chi connectivity index (χ2v) is 8.77. The molecule has 3 saturated heterocycles. The molecule has 1 N–H and O–H groups in total.